The summed E-state index contributed by atoms with van der Waals surface area (Å²) in [5.74, 6) is 1.13. The maximum Gasteiger partial charge on any atom is 0.0680 e. The van der Waals surface area contributed by atoms with Crippen molar-refractivity contribution in [3.05, 3.63) is 54.3 Å². The van der Waals surface area contributed by atoms with Gasteiger partial charge in [0.05, 0.1) is 5.69 Å². The zero-order valence-corrected chi connectivity index (χ0v) is 11.2. The van der Waals surface area contributed by atoms with Crippen LogP contribution in [0.4, 0.5) is 5.69 Å². The highest BCUT2D eigenvalue weighted by Crippen LogP contribution is 2.32. The van der Waals surface area contributed by atoms with E-state index in [4.69, 9.17) is 0 Å². The molecule has 0 amide bonds. The van der Waals surface area contributed by atoms with Gasteiger partial charge in [-0.25, -0.2) is 5.01 Å². The monoisotopic (exact) mass is 240 g/mol. The summed E-state index contributed by atoms with van der Waals surface area (Å²) in [6, 6.07) is 8.48. The van der Waals surface area contributed by atoms with E-state index in [0.717, 1.165) is 5.69 Å². The van der Waals surface area contributed by atoms with Gasteiger partial charge in [-0.2, -0.15) is 5.10 Å². The number of hydrogen-bond donors (Lipinski definition) is 0. The second kappa shape index (κ2) is 5.67. The molecule has 0 aromatic heterocycles. The molecule has 0 bridgehead atoms. The third-order valence-electron chi connectivity index (χ3n) is 3.40. The zero-order valence-electron chi connectivity index (χ0n) is 11.2. The van der Waals surface area contributed by atoms with Crippen LogP contribution < -0.4 is 5.01 Å². The van der Waals surface area contributed by atoms with Gasteiger partial charge in [0.2, 0.25) is 0 Å². The fourth-order valence-electron chi connectivity index (χ4n) is 1.98. The number of para-hydroxylation sites is 1. The highest BCUT2D eigenvalue weighted by atomic mass is 15.4. The van der Waals surface area contributed by atoms with Crippen LogP contribution in [0, 0.1) is 5.92 Å². The summed E-state index contributed by atoms with van der Waals surface area (Å²) in [5, 5.41) is 6.37. The third kappa shape index (κ3) is 2.70. The van der Waals surface area contributed by atoms with E-state index < -0.39 is 0 Å². The van der Waals surface area contributed by atoms with Gasteiger partial charge in [-0.05, 0) is 35.6 Å². The minimum atomic E-state index is 0.515. The van der Waals surface area contributed by atoms with E-state index in [1.165, 1.54) is 5.56 Å². The first-order valence-electron chi connectivity index (χ1n) is 6.45. The SMILES string of the molecule is CC(C)C(C)c1ccccc1N1C=CC=CC=N1. The number of benzene rings is 1. The molecule has 1 aromatic carbocycles. The molecule has 1 heterocycles. The fourth-order valence-corrected chi connectivity index (χ4v) is 1.98. The van der Waals surface area contributed by atoms with Crippen LogP contribution in [0.15, 0.2) is 53.8 Å². The van der Waals surface area contributed by atoms with Gasteiger partial charge in [-0.15, -0.1) is 0 Å². The normalized spacial score (nSPS) is 16.1. The van der Waals surface area contributed by atoms with Crippen molar-refractivity contribution in [2.24, 2.45) is 11.0 Å². The predicted octanol–water partition coefficient (Wildman–Crippen LogP) is 4.32. The molecule has 1 aliphatic heterocycles. The lowest BCUT2D eigenvalue weighted by molar-refractivity contribution is 0.535. The van der Waals surface area contributed by atoms with E-state index in [9.17, 15) is 0 Å². The minimum absolute atomic E-state index is 0.515. The Balaban J connectivity index is 2.38. The molecule has 2 nitrogen and oxygen atoms in total. The molecule has 2 rings (SSSR count). The number of hydrazone groups is 1. The zero-order chi connectivity index (χ0) is 13.0. The molecule has 1 atom stereocenters. The van der Waals surface area contributed by atoms with Crippen molar-refractivity contribution in [1.29, 1.82) is 0 Å². The van der Waals surface area contributed by atoms with Gasteiger partial charge in [0.1, 0.15) is 0 Å². The van der Waals surface area contributed by atoms with Crippen LogP contribution in [0.3, 0.4) is 0 Å². The lowest BCUT2D eigenvalue weighted by Gasteiger charge is -2.23. The topological polar surface area (TPSA) is 15.6 Å². The molecule has 0 N–H and O–H groups in total. The Hall–Kier alpha value is -1.83. The van der Waals surface area contributed by atoms with Crippen LogP contribution >= 0.6 is 0 Å². The van der Waals surface area contributed by atoms with Crippen LogP contribution in [0.2, 0.25) is 0 Å². The summed E-state index contributed by atoms with van der Waals surface area (Å²) in [7, 11) is 0. The highest BCUT2D eigenvalue weighted by molar-refractivity contribution is 5.74. The summed E-state index contributed by atoms with van der Waals surface area (Å²) >= 11 is 0. The van der Waals surface area contributed by atoms with Gasteiger partial charge >= 0.3 is 0 Å². The Bertz CT molecular complexity index is 468. The highest BCUT2D eigenvalue weighted by Gasteiger charge is 2.16. The van der Waals surface area contributed by atoms with Gasteiger partial charge in [0, 0.05) is 12.4 Å². The summed E-state index contributed by atoms with van der Waals surface area (Å²) in [6.45, 7) is 6.78. The molecular formula is C16H20N2. The van der Waals surface area contributed by atoms with Gasteiger partial charge in [-0.3, -0.25) is 0 Å². The van der Waals surface area contributed by atoms with Crippen molar-refractivity contribution in [1.82, 2.24) is 0 Å². The van der Waals surface area contributed by atoms with E-state index in [2.05, 4.69) is 50.1 Å². The molecule has 0 saturated carbocycles. The average molecular weight is 240 g/mol. The predicted molar refractivity (Wildman–Crippen MR) is 78.9 cm³/mol. The molecule has 1 unspecified atom stereocenters. The van der Waals surface area contributed by atoms with Crippen molar-refractivity contribution in [3.8, 4) is 0 Å². The third-order valence-corrected chi connectivity index (χ3v) is 3.40. The Kier molecular flexibility index (Phi) is 3.98. The van der Waals surface area contributed by atoms with E-state index >= 15 is 0 Å². The molecule has 18 heavy (non-hydrogen) atoms. The average Bonchev–Trinajstić information content (AvgIpc) is 2.66. The van der Waals surface area contributed by atoms with Crippen LogP contribution in [0.1, 0.15) is 32.3 Å². The van der Waals surface area contributed by atoms with Crippen LogP contribution in [0.5, 0.6) is 0 Å². The molecule has 0 saturated heterocycles. The first kappa shape index (κ1) is 12.6. The number of allylic oxidation sites excluding steroid dienone is 3. The first-order valence-corrected chi connectivity index (χ1v) is 6.45. The molecule has 1 aromatic rings. The molecule has 0 radical (unpaired) electrons. The van der Waals surface area contributed by atoms with Gasteiger partial charge in [-0.1, -0.05) is 45.0 Å². The van der Waals surface area contributed by atoms with Crippen LogP contribution in [-0.4, -0.2) is 6.21 Å². The lowest BCUT2D eigenvalue weighted by atomic mass is 9.89. The minimum Gasteiger partial charge on any atom is -0.241 e. The molecule has 0 aliphatic carbocycles. The maximum atomic E-state index is 4.43. The van der Waals surface area contributed by atoms with E-state index in [1.54, 1.807) is 0 Å². The maximum absolute atomic E-state index is 4.43. The summed E-state index contributed by atoms with van der Waals surface area (Å²) in [5.41, 5.74) is 2.51. The number of anilines is 1. The van der Waals surface area contributed by atoms with Gasteiger partial charge < -0.3 is 0 Å². The van der Waals surface area contributed by atoms with Crippen molar-refractivity contribution >= 4 is 11.9 Å². The quantitative estimate of drug-likeness (QED) is 0.768. The molecular weight excluding hydrogens is 220 g/mol. The molecule has 2 heteroatoms. The molecule has 0 fully saturated rings. The van der Waals surface area contributed by atoms with Crippen molar-refractivity contribution in [2.45, 2.75) is 26.7 Å². The van der Waals surface area contributed by atoms with E-state index in [1.807, 2.05) is 35.7 Å². The van der Waals surface area contributed by atoms with Crippen LogP contribution in [0.25, 0.3) is 0 Å². The van der Waals surface area contributed by atoms with Crippen molar-refractivity contribution < 1.29 is 0 Å². The number of rotatable bonds is 3. The van der Waals surface area contributed by atoms with Crippen molar-refractivity contribution in [3.63, 3.8) is 0 Å². The van der Waals surface area contributed by atoms with Crippen molar-refractivity contribution in [2.75, 3.05) is 5.01 Å². The Morgan fingerprint density at radius 1 is 1.00 bits per heavy atom. The van der Waals surface area contributed by atoms with E-state index in [-0.39, 0.29) is 0 Å². The number of hydrogen-bond acceptors (Lipinski definition) is 2. The Labute approximate surface area is 109 Å². The van der Waals surface area contributed by atoms with Gasteiger partial charge in [0.25, 0.3) is 0 Å². The molecule has 94 valence electrons. The molecule has 1 aliphatic rings. The smallest absolute Gasteiger partial charge is 0.0680 e. The summed E-state index contributed by atoms with van der Waals surface area (Å²) in [6.07, 6.45) is 9.73. The Morgan fingerprint density at radius 2 is 1.78 bits per heavy atom. The second-order valence-corrected chi connectivity index (χ2v) is 4.93. The standard InChI is InChI=1S/C16H20N2/c1-13(2)14(3)15-9-5-6-10-16(15)18-12-8-4-7-11-17-18/h4-14H,1-3H3. The Morgan fingerprint density at radius 3 is 2.56 bits per heavy atom. The van der Waals surface area contributed by atoms with Crippen LogP contribution in [-0.2, 0) is 0 Å². The summed E-state index contributed by atoms with van der Waals surface area (Å²) in [4.78, 5) is 0. The number of nitrogens with zero attached hydrogens (tertiary/aromatic N) is 2. The second-order valence-electron chi connectivity index (χ2n) is 4.93. The van der Waals surface area contributed by atoms with Gasteiger partial charge in [0.15, 0.2) is 0 Å². The fraction of sp³-hybridized carbons (Fsp3) is 0.312. The van der Waals surface area contributed by atoms with E-state index in [0.29, 0.717) is 11.8 Å². The summed E-state index contributed by atoms with van der Waals surface area (Å²) < 4.78 is 0. The molecule has 0 spiro atoms. The lowest BCUT2D eigenvalue weighted by Crippen LogP contribution is -2.12. The first-order chi connectivity index (χ1) is 8.70. The largest absolute Gasteiger partial charge is 0.241 e.